The SMILES string of the molecule is CCC(O)(c1ccccc1F)C1(C#N)CCOC1. The van der Waals surface area contributed by atoms with E-state index < -0.39 is 16.8 Å². The second-order valence-corrected chi connectivity index (χ2v) is 4.69. The zero-order chi connectivity index (χ0) is 13.2. The maximum absolute atomic E-state index is 13.9. The second kappa shape index (κ2) is 4.68. The quantitative estimate of drug-likeness (QED) is 0.894. The number of nitriles is 1. The lowest BCUT2D eigenvalue weighted by Gasteiger charge is -2.39. The van der Waals surface area contributed by atoms with Crippen LogP contribution in [0.4, 0.5) is 4.39 Å². The van der Waals surface area contributed by atoms with E-state index in [-0.39, 0.29) is 18.6 Å². The third-order valence-electron chi connectivity index (χ3n) is 3.86. The van der Waals surface area contributed by atoms with Crippen molar-refractivity contribution in [2.75, 3.05) is 13.2 Å². The van der Waals surface area contributed by atoms with Crippen molar-refractivity contribution in [3.63, 3.8) is 0 Å². The summed E-state index contributed by atoms with van der Waals surface area (Å²) in [6.07, 6.45) is 0.688. The van der Waals surface area contributed by atoms with Crippen LogP contribution in [0.5, 0.6) is 0 Å². The summed E-state index contributed by atoms with van der Waals surface area (Å²) in [7, 11) is 0. The molecule has 2 unspecified atom stereocenters. The highest BCUT2D eigenvalue weighted by Gasteiger charge is 2.54. The lowest BCUT2D eigenvalue weighted by atomic mass is 9.67. The van der Waals surface area contributed by atoms with Gasteiger partial charge in [0.05, 0.1) is 12.7 Å². The van der Waals surface area contributed by atoms with Crippen LogP contribution in [0.1, 0.15) is 25.3 Å². The average Bonchev–Trinajstić information content (AvgIpc) is 2.88. The van der Waals surface area contributed by atoms with Gasteiger partial charge in [0.15, 0.2) is 0 Å². The Morgan fingerprint density at radius 1 is 1.56 bits per heavy atom. The van der Waals surface area contributed by atoms with Gasteiger partial charge in [0.1, 0.15) is 16.8 Å². The normalized spacial score (nSPS) is 26.6. The van der Waals surface area contributed by atoms with Crippen LogP contribution in [0.3, 0.4) is 0 Å². The van der Waals surface area contributed by atoms with E-state index in [4.69, 9.17) is 4.74 Å². The molecule has 1 aromatic carbocycles. The summed E-state index contributed by atoms with van der Waals surface area (Å²) in [4.78, 5) is 0. The molecule has 0 bridgehead atoms. The third kappa shape index (κ3) is 1.71. The van der Waals surface area contributed by atoms with Crippen molar-refractivity contribution in [1.82, 2.24) is 0 Å². The number of nitrogens with zero attached hydrogens (tertiary/aromatic N) is 1. The molecule has 18 heavy (non-hydrogen) atoms. The monoisotopic (exact) mass is 249 g/mol. The van der Waals surface area contributed by atoms with Gasteiger partial charge in [-0.3, -0.25) is 0 Å². The van der Waals surface area contributed by atoms with Gasteiger partial charge in [-0.2, -0.15) is 5.26 Å². The molecule has 96 valence electrons. The molecule has 1 aromatic rings. The molecule has 0 saturated carbocycles. The van der Waals surface area contributed by atoms with Crippen LogP contribution in [0.25, 0.3) is 0 Å². The summed E-state index contributed by atoms with van der Waals surface area (Å²) in [5, 5.41) is 20.3. The van der Waals surface area contributed by atoms with E-state index in [0.717, 1.165) is 0 Å². The largest absolute Gasteiger partial charge is 0.383 e. The first-order chi connectivity index (χ1) is 8.59. The Morgan fingerprint density at radius 3 is 2.78 bits per heavy atom. The number of hydrogen-bond donors (Lipinski definition) is 1. The van der Waals surface area contributed by atoms with Gasteiger partial charge < -0.3 is 9.84 Å². The van der Waals surface area contributed by atoms with Crippen molar-refractivity contribution >= 4 is 0 Å². The molecule has 0 aliphatic carbocycles. The van der Waals surface area contributed by atoms with Gasteiger partial charge >= 0.3 is 0 Å². The van der Waals surface area contributed by atoms with Crippen LogP contribution in [0.15, 0.2) is 24.3 Å². The minimum atomic E-state index is -1.51. The summed E-state index contributed by atoms with van der Waals surface area (Å²) in [5.74, 6) is -0.483. The first kappa shape index (κ1) is 13.0. The van der Waals surface area contributed by atoms with Gasteiger partial charge in [0, 0.05) is 12.2 Å². The number of aliphatic hydroxyl groups is 1. The van der Waals surface area contributed by atoms with Gasteiger partial charge in [0.25, 0.3) is 0 Å². The topological polar surface area (TPSA) is 53.2 Å². The fraction of sp³-hybridized carbons (Fsp3) is 0.500. The first-order valence-electron chi connectivity index (χ1n) is 6.06. The molecule has 1 N–H and O–H groups in total. The second-order valence-electron chi connectivity index (χ2n) is 4.69. The maximum atomic E-state index is 13.9. The van der Waals surface area contributed by atoms with Crippen molar-refractivity contribution in [1.29, 1.82) is 5.26 Å². The van der Waals surface area contributed by atoms with Gasteiger partial charge in [-0.15, -0.1) is 0 Å². The summed E-state index contributed by atoms with van der Waals surface area (Å²) in [6.45, 7) is 2.32. The molecular weight excluding hydrogens is 233 g/mol. The summed E-state index contributed by atoms with van der Waals surface area (Å²) in [5.41, 5.74) is -2.40. The molecule has 2 atom stereocenters. The van der Waals surface area contributed by atoms with E-state index in [9.17, 15) is 14.8 Å². The van der Waals surface area contributed by atoms with Crippen LogP contribution in [-0.4, -0.2) is 18.3 Å². The molecule has 4 heteroatoms. The van der Waals surface area contributed by atoms with Crippen molar-refractivity contribution < 1.29 is 14.2 Å². The number of halogens is 1. The molecule has 1 heterocycles. The van der Waals surface area contributed by atoms with Crippen LogP contribution >= 0.6 is 0 Å². The average molecular weight is 249 g/mol. The van der Waals surface area contributed by atoms with Crippen molar-refractivity contribution in [3.8, 4) is 6.07 Å². The molecule has 0 aromatic heterocycles. The molecule has 2 rings (SSSR count). The number of rotatable bonds is 3. The van der Waals surface area contributed by atoms with Gasteiger partial charge in [0.2, 0.25) is 0 Å². The van der Waals surface area contributed by atoms with Crippen LogP contribution < -0.4 is 0 Å². The summed E-state index contributed by atoms with van der Waals surface area (Å²) >= 11 is 0. The van der Waals surface area contributed by atoms with Crippen LogP contribution in [0.2, 0.25) is 0 Å². The molecule has 0 spiro atoms. The van der Waals surface area contributed by atoms with Gasteiger partial charge in [-0.05, 0) is 18.9 Å². The Morgan fingerprint density at radius 2 is 2.28 bits per heavy atom. The Kier molecular flexibility index (Phi) is 3.38. The molecule has 1 fully saturated rings. The van der Waals surface area contributed by atoms with E-state index >= 15 is 0 Å². The third-order valence-corrected chi connectivity index (χ3v) is 3.86. The molecule has 1 saturated heterocycles. The Bertz CT molecular complexity index is 477. The summed E-state index contributed by atoms with van der Waals surface area (Å²) in [6, 6.07) is 8.23. The fourth-order valence-electron chi connectivity index (χ4n) is 2.66. The molecular formula is C14H16FNO2. The van der Waals surface area contributed by atoms with E-state index in [1.54, 1.807) is 19.1 Å². The standard InChI is InChI=1S/C14H16FNO2/c1-2-14(17,11-5-3-4-6-12(11)15)13(9-16)7-8-18-10-13/h3-6,17H,2,7-8,10H2,1H3. The zero-order valence-electron chi connectivity index (χ0n) is 10.3. The van der Waals surface area contributed by atoms with E-state index in [1.165, 1.54) is 12.1 Å². The predicted octanol–water partition coefficient (Wildman–Crippen LogP) is 2.35. The molecule has 0 radical (unpaired) electrons. The highest BCUT2D eigenvalue weighted by molar-refractivity contribution is 5.31. The van der Waals surface area contributed by atoms with E-state index in [1.807, 2.05) is 0 Å². The minimum Gasteiger partial charge on any atom is -0.383 e. The summed E-state index contributed by atoms with van der Waals surface area (Å²) < 4.78 is 19.2. The van der Waals surface area contributed by atoms with Gasteiger partial charge in [-0.25, -0.2) is 4.39 Å². The van der Waals surface area contributed by atoms with Crippen LogP contribution in [0, 0.1) is 22.6 Å². The molecule has 0 amide bonds. The molecule has 3 nitrogen and oxygen atoms in total. The van der Waals surface area contributed by atoms with Crippen molar-refractivity contribution in [3.05, 3.63) is 35.6 Å². The van der Waals surface area contributed by atoms with E-state index in [2.05, 4.69) is 6.07 Å². The predicted molar refractivity (Wildman–Crippen MR) is 64.1 cm³/mol. The smallest absolute Gasteiger partial charge is 0.129 e. The fourth-order valence-corrected chi connectivity index (χ4v) is 2.66. The highest BCUT2D eigenvalue weighted by atomic mass is 19.1. The lowest BCUT2D eigenvalue weighted by Crippen LogP contribution is -2.45. The number of hydrogen-bond acceptors (Lipinski definition) is 3. The van der Waals surface area contributed by atoms with Crippen molar-refractivity contribution in [2.24, 2.45) is 5.41 Å². The molecule has 1 aliphatic heterocycles. The first-order valence-corrected chi connectivity index (χ1v) is 6.06. The van der Waals surface area contributed by atoms with Crippen LogP contribution in [-0.2, 0) is 10.3 Å². The molecule has 1 aliphatic rings. The highest BCUT2D eigenvalue weighted by Crippen LogP contribution is 2.48. The Labute approximate surface area is 106 Å². The Hall–Kier alpha value is -1.44. The van der Waals surface area contributed by atoms with Crippen molar-refractivity contribution in [2.45, 2.75) is 25.4 Å². The Balaban J connectivity index is 2.55. The maximum Gasteiger partial charge on any atom is 0.129 e. The minimum absolute atomic E-state index is 0.141. The number of benzene rings is 1. The van der Waals surface area contributed by atoms with E-state index in [0.29, 0.717) is 13.0 Å². The lowest BCUT2D eigenvalue weighted by molar-refractivity contribution is -0.0699. The van der Waals surface area contributed by atoms with Gasteiger partial charge in [-0.1, -0.05) is 25.1 Å². The number of ether oxygens (including phenoxy) is 1. The zero-order valence-corrected chi connectivity index (χ0v) is 10.3.